The maximum atomic E-state index is 12.2. The van der Waals surface area contributed by atoms with Crippen molar-refractivity contribution >= 4 is 22.6 Å². The second kappa shape index (κ2) is 4.32. The Balaban J connectivity index is 2.42. The number of rotatable bonds is 2. The largest absolute Gasteiger partial charge is 0.471 e. The van der Waals surface area contributed by atoms with E-state index in [2.05, 4.69) is 5.16 Å². The topological polar surface area (TPSA) is 55.1 Å². The Hall–Kier alpha value is -2.05. The summed E-state index contributed by atoms with van der Waals surface area (Å²) in [6, 6.07) is 2.84. The normalized spacial score (nSPS) is 11.8. The molecule has 4 nitrogen and oxygen atoms in total. The molecule has 1 aromatic heterocycles. The molecule has 1 aromatic carbocycles. The molecule has 7 heteroatoms. The number of carbonyl (C=O) groups is 1. The van der Waals surface area contributed by atoms with Gasteiger partial charge in [0.2, 0.25) is 0 Å². The molecule has 0 fully saturated rings. The molecule has 0 radical (unpaired) electrons. The molecular weight excluding hydrogens is 249 g/mol. The highest BCUT2D eigenvalue weighted by Crippen LogP contribution is 2.28. The van der Waals surface area contributed by atoms with Crippen LogP contribution in [-0.2, 0) is 11.2 Å². The molecular formula is C11H9F3N2O2. The number of carbonyl (C=O) groups excluding carboxylic acids is 1. The predicted octanol–water partition coefficient (Wildman–Crippen LogP) is 2.89. The molecule has 0 atom stereocenters. The molecule has 1 N–H and O–H groups in total. The lowest BCUT2D eigenvalue weighted by atomic mass is 10.1. The van der Waals surface area contributed by atoms with Gasteiger partial charge in [-0.1, -0.05) is 12.1 Å². The van der Waals surface area contributed by atoms with Gasteiger partial charge in [0, 0.05) is 11.1 Å². The summed E-state index contributed by atoms with van der Waals surface area (Å²) in [7, 11) is 0. The molecule has 1 heterocycles. The average Bonchev–Trinajstić information content (AvgIpc) is 2.75. The Labute approximate surface area is 99.7 Å². The summed E-state index contributed by atoms with van der Waals surface area (Å²) < 4.78 is 41.4. The van der Waals surface area contributed by atoms with Crippen LogP contribution >= 0.6 is 0 Å². The van der Waals surface area contributed by atoms with Gasteiger partial charge in [-0.15, -0.1) is 0 Å². The number of amides is 1. The van der Waals surface area contributed by atoms with E-state index in [1.54, 1.807) is 6.92 Å². The van der Waals surface area contributed by atoms with Crippen LogP contribution in [0.25, 0.3) is 11.0 Å². The van der Waals surface area contributed by atoms with Gasteiger partial charge in [-0.3, -0.25) is 4.79 Å². The minimum Gasteiger partial charge on any atom is -0.356 e. The van der Waals surface area contributed by atoms with Crippen LogP contribution < -0.4 is 5.32 Å². The number of hydrogen-bond donors (Lipinski definition) is 1. The number of aromatic nitrogens is 1. The van der Waals surface area contributed by atoms with Crippen molar-refractivity contribution in [1.82, 2.24) is 5.16 Å². The van der Waals surface area contributed by atoms with E-state index in [1.165, 1.54) is 18.3 Å². The minimum atomic E-state index is -4.91. The highest BCUT2D eigenvalue weighted by Gasteiger charge is 2.39. The quantitative estimate of drug-likeness (QED) is 0.901. The summed E-state index contributed by atoms with van der Waals surface area (Å²) >= 11 is 0. The number of hydrogen-bond acceptors (Lipinski definition) is 3. The lowest BCUT2D eigenvalue weighted by Crippen LogP contribution is -2.30. The summed E-state index contributed by atoms with van der Waals surface area (Å²) in [4.78, 5) is 10.9. The van der Waals surface area contributed by atoms with Gasteiger partial charge in [-0.05, 0) is 24.1 Å². The number of nitrogens with zero attached hydrogens (tertiary/aromatic N) is 1. The molecule has 0 unspecified atom stereocenters. The number of anilines is 1. The monoisotopic (exact) mass is 258 g/mol. The zero-order chi connectivity index (χ0) is 13.3. The zero-order valence-electron chi connectivity index (χ0n) is 9.34. The van der Waals surface area contributed by atoms with Crippen LogP contribution in [0, 0.1) is 0 Å². The molecule has 0 aliphatic carbocycles. The van der Waals surface area contributed by atoms with Crippen LogP contribution in [-0.4, -0.2) is 17.2 Å². The lowest BCUT2D eigenvalue weighted by molar-refractivity contribution is -0.167. The summed E-state index contributed by atoms with van der Waals surface area (Å²) in [5, 5.41) is 6.01. The van der Waals surface area contributed by atoms with Gasteiger partial charge in [0.1, 0.15) is 0 Å². The van der Waals surface area contributed by atoms with Crippen molar-refractivity contribution in [3.8, 4) is 0 Å². The van der Waals surface area contributed by atoms with Gasteiger partial charge >= 0.3 is 12.1 Å². The van der Waals surface area contributed by atoms with Crippen molar-refractivity contribution in [2.75, 3.05) is 5.32 Å². The Morgan fingerprint density at radius 2 is 2.17 bits per heavy atom. The third-order valence-electron chi connectivity index (χ3n) is 2.51. The van der Waals surface area contributed by atoms with Gasteiger partial charge < -0.3 is 9.84 Å². The smallest absolute Gasteiger partial charge is 0.356 e. The van der Waals surface area contributed by atoms with Crippen LogP contribution in [0.1, 0.15) is 12.5 Å². The van der Waals surface area contributed by atoms with Gasteiger partial charge in [-0.2, -0.15) is 13.2 Å². The summed E-state index contributed by atoms with van der Waals surface area (Å²) in [6.07, 6.45) is -3.04. The molecule has 96 valence electrons. The number of benzene rings is 1. The first-order valence-corrected chi connectivity index (χ1v) is 5.18. The van der Waals surface area contributed by atoms with E-state index >= 15 is 0 Å². The van der Waals surface area contributed by atoms with Crippen molar-refractivity contribution in [2.24, 2.45) is 0 Å². The highest BCUT2D eigenvalue weighted by atomic mass is 19.4. The fourth-order valence-electron chi connectivity index (χ4n) is 1.69. The van der Waals surface area contributed by atoms with Crippen molar-refractivity contribution in [1.29, 1.82) is 0 Å². The first kappa shape index (κ1) is 12.4. The fourth-order valence-corrected chi connectivity index (χ4v) is 1.69. The van der Waals surface area contributed by atoms with Crippen molar-refractivity contribution in [3.63, 3.8) is 0 Å². The lowest BCUT2D eigenvalue weighted by Gasteiger charge is -2.11. The Bertz CT molecular complexity index is 589. The van der Waals surface area contributed by atoms with E-state index in [1.807, 2.05) is 5.32 Å². The Kier molecular flexibility index (Phi) is 2.98. The van der Waals surface area contributed by atoms with Crippen molar-refractivity contribution in [2.45, 2.75) is 19.5 Å². The molecule has 1 amide bonds. The predicted molar refractivity (Wildman–Crippen MR) is 58.1 cm³/mol. The van der Waals surface area contributed by atoms with Gasteiger partial charge in [0.05, 0.1) is 6.20 Å². The molecule has 18 heavy (non-hydrogen) atoms. The molecule has 0 aliphatic rings. The van der Waals surface area contributed by atoms with Crippen molar-refractivity contribution in [3.05, 3.63) is 23.9 Å². The van der Waals surface area contributed by atoms with Crippen LogP contribution in [0.4, 0.5) is 18.9 Å². The SMILES string of the molecule is CCc1c(NC(=O)C(F)(F)F)ccc2oncc12. The van der Waals surface area contributed by atoms with E-state index in [0.29, 0.717) is 23.0 Å². The van der Waals surface area contributed by atoms with Crippen LogP contribution in [0.2, 0.25) is 0 Å². The molecule has 0 spiro atoms. The molecule has 0 saturated carbocycles. The zero-order valence-corrected chi connectivity index (χ0v) is 9.34. The molecule has 2 rings (SSSR count). The number of alkyl halides is 3. The molecule has 0 bridgehead atoms. The fraction of sp³-hybridized carbons (Fsp3) is 0.273. The number of nitrogens with one attached hydrogen (secondary N) is 1. The number of halogens is 3. The first-order valence-electron chi connectivity index (χ1n) is 5.18. The highest BCUT2D eigenvalue weighted by molar-refractivity contribution is 5.98. The van der Waals surface area contributed by atoms with Crippen LogP contribution in [0.5, 0.6) is 0 Å². The molecule has 0 aliphatic heterocycles. The van der Waals surface area contributed by atoms with E-state index in [0.717, 1.165) is 0 Å². The van der Waals surface area contributed by atoms with Gasteiger partial charge in [0.25, 0.3) is 0 Å². The van der Waals surface area contributed by atoms with Gasteiger partial charge in [0.15, 0.2) is 5.58 Å². The Morgan fingerprint density at radius 3 is 2.78 bits per heavy atom. The Morgan fingerprint density at radius 1 is 1.44 bits per heavy atom. The van der Waals surface area contributed by atoms with Gasteiger partial charge in [-0.25, -0.2) is 0 Å². The van der Waals surface area contributed by atoms with E-state index in [4.69, 9.17) is 4.52 Å². The summed E-state index contributed by atoms with van der Waals surface area (Å²) in [5.41, 5.74) is 1.15. The number of aryl methyl sites for hydroxylation is 1. The average molecular weight is 258 g/mol. The maximum Gasteiger partial charge on any atom is 0.471 e. The van der Waals surface area contributed by atoms with E-state index in [-0.39, 0.29) is 5.69 Å². The van der Waals surface area contributed by atoms with E-state index < -0.39 is 12.1 Å². The van der Waals surface area contributed by atoms with E-state index in [9.17, 15) is 18.0 Å². The minimum absolute atomic E-state index is 0.121. The standard InChI is InChI=1S/C11H9F3N2O2/c1-2-6-7-5-15-18-9(7)4-3-8(6)16-10(17)11(12,13)14/h3-5H,2H2,1H3,(H,16,17). The number of fused-ring (bicyclic) bond motifs is 1. The molecule has 2 aromatic rings. The van der Waals surface area contributed by atoms with Crippen LogP contribution in [0.15, 0.2) is 22.9 Å². The van der Waals surface area contributed by atoms with Crippen LogP contribution in [0.3, 0.4) is 0 Å². The third-order valence-corrected chi connectivity index (χ3v) is 2.51. The first-order chi connectivity index (χ1) is 8.43. The summed E-state index contributed by atoms with van der Waals surface area (Å²) in [6.45, 7) is 1.77. The molecule has 0 saturated heterocycles. The second-order valence-corrected chi connectivity index (χ2v) is 3.63. The third kappa shape index (κ3) is 2.15. The maximum absolute atomic E-state index is 12.2. The summed E-state index contributed by atoms with van der Waals surface area (Å²) in [5.74, 6) is -1.99. The van der Waals surface area contributed by atoms with Crippen molar-refractivity contribution < 1.29 is 22.5 Å². The second-order valence-electron chi connectivity index (χ2n) is 3.63.